The van der Waals surface area contributed by atoms with Gasteiger partial charge in [-0.25, -0.2) is 9.97 Å². The molecule has 2 aliphatic heterocycles. The van der Waals surface area contributed by atoms with Crippen LogP contribution in [-0.4, -0.2) is 82.0 Å². The third-order valence-corrected chi connectivity index (χ3v) is 9.20. The van der Waals surface area contributed by atoms with Gasteiger partial charge in [0.15, 0.2) is 5.69 Å². The molecule has 3 aromatic rings. The van der Waals surface area contributed by atoms with Crippen LogP contribution >= 0.6 is 11.3 Å². The molecule has 5 rings (SSSR count). The van der Waals surface area contributed by atoms with Gasteiger partial charge in [-0.05, 0) is 31.2 Å². The van der Waals surface area contributed by atoms with Crippen LogP contribution in [0.2, 0.25) is 0 Å². The summed E-state index contributed by atoms with van der Waals surface area (Å²) in [6, 6.07) is 8.45. The number of thiazole rings is 1. The molecule has 5 amide bonds. The lowest BCUT2D eigenvalue weighted by atomic mass is 10.0. The van der Waals surface area contributed by atoms with Crippen LogP contribution < -0.4 is 16.0 Å². The Labute approximate surface area is 277 Å². The number of oxazole rings is 1. The summed E-state index contributed by atoms with van der Waals surface area (Å²) in [6.45, 7) is 6.65. The summed E-state index contributed by atoms with van der Waals surface area (Å²) in [4.78, 5) is 77.5. The first-order chi connectivity index (χ1) is 22.6. The van der Waals surface area contributed by atoms with E-state index < -0.39 is 23.9 Å². The Morgan fingerprint density at radius 3 is 2.49 bits per heavy atom. The van der Waals surface area contributed by atoms with Gasteiger partial charge in [-0.15, -0.1) is 11.3 Å². The summed E-state index contributed by atoms with van der Waals surface area (Å²) in [5.74, 6) is -0.954. The van der Waals surface area contributed by atoms with E-state index in [2.05, 4.69) is 25.9 Å². The molecular formula is C33H41N7O6S. The molecule has 0 spiro atoms. The molecule has 250 valence electrons. The second kappa shape index (κ2) is 15.3. The summed E-state index contributed by atoms with van der Waals surface area (Å²) in [5.41, 5.74) is 1.26. The van der Waals surface area contributed by atoms with Crippen LogP contribution in [0.5, 0.6) is 0 Å². The quantitative estimate of drug-likeness (QED) is 0.375. The molecule has 0 saturated carbocycles. The SMILES string of the molecule is Cc1oc2nc1C(=O)N[C@@H](C(C)C)c1nc(cs1)C(=O)NCCN(C(=O)CN1CCCC1=O)CCCC(=O)N[C@H]2Cc1ccccc1. The summed E-state index contributed by atoms with van der Waals surface area (Å²) < 4.78 is 5.99. The van der Waals surface area contributed by atoms with Crippen LogP contribution in [0.15, 0.2) is 40.1 Å². The number of amides is 5. The second-order valence-electron chi connectivity index (χ2n) is 12.2. The van der Waals surface area contributed by atoms with Crippen molar-refractivity contribution in [2.75, 3.05) is 32.7 Å². The fraction of sp³-hybridized carbons (Fsp3) is 0.485. The van der Waals surface area contributed by atoms with Gasteiger partial charge in [0.05, 0.1) is 12.6 Å². The van der Waals surface area contributed by atoms with Crippen molar-refractivity contribution in [3.8, 4) is 0 Å². The minimum Gasteiger partial charge on any atom is -0.443 e. The predicted molar refractivity (Wildman–Crippen MR) is 173 cm³/mol. The van der Waals surface area contributed by atoms with Crippen molar-refractivity contribution in [2.24, 2.45) is 5.92 Å². The molecule has 0 unspecified atom stereocenters. The number of hydrogen-bond donors (Lipinski definition) is 3. The summed E-state index contributed by atoms with van der Waals surface area (Å²) in [7, 11) is 0. The highest BCUT2D eigenvalue weighted by molar-refractivity contribution is 7.09. The molecule has 4 bridgehead atoms. The van der Waals surface area contributed by atoms with E-state index in [1.165, 1.54) is 11.3 Å². The number of nitrogens with one attached hydrogen (secondary N) is 3. The van der Waals surface area contributed by atoms with E-state index >= 15 is 0 Å². The van der Waals surface area contributed by atoms with Gasteiger partial charge in [0.1, 0.15) is 22.5 Å². The fourth-order valence-electron chi connectivity index (χ4n) is 5.67. The van der Waals surface area contributed by atoms with Gasteiger partial charge < -0.3 is 30.2 Å². The van der Waals surface area contributed by atoms with Crippen LogP contribution in [-0.2, 0) is 20.8 Å². The number of fused-ring (bicyclic) bond motifs is 4. The van der Waals surface area contributed by atoms with Gasteiger partial charge in [-0.2, -0.15) is 0 Å². The number of aryl methyl sites for hydroxylation is 1. The largest absolute Gasteiger partial charge is 0.443 e. The molecule has 13 nitrogen and oxygen atoms in total. The number of carbonyl (C=O) groups is 5. The summed E-state index contributed by atoms with van der Waals surface area (Å²) in [6.07, 6.45) is 1.99. The Balaban J connectivity index is 1.42. The minimum atomic E-state index is -0.646. The van der Waals surface area contributed by atoms with Crippen LogP contribution in [0, 0.1) is 12.8 Å². The zero-order valence-electron chi connectivity index (χ0n) is 26.9. The Kier molecular flexibility index (Phi) is 11.0. The molecule has 0 aliphatic carbocycles. The number of benzene rings is 1. The lowest BCUT2D eigenvalue weighted by Gasteiger charge is -2.26. The third kappa shape index (κ3) is 8.61. The first kappa shape index (κ1) is 33.8. The van der Waals surface area contributed by atoms with E-state index in [9.17, 15) is 24.0 Å². The van der Waals surface area contributed by atoms with Crippen molar-refractivity contribution in [1.82, 2.24) is 35.7 Å². The average Bonchev–Trinajstić information content (AvgIpc) is 3.79. The maximum atomic E-state index is 13.5. The van der Waals surface area contributed by atoms with Gasteiger partial charge >= 0.3 is 0 Å². The third-order valence-electron chi connectivity index (χ3n) is 8.27. The molecule has 47 heavy (non-hydrogen) atoms. The molecule has 4 heterocycles. The van der Waals surface area contributed by atoms with Crippen LogP contribution in [0.25, 0.3) is 0 Å². The maximum absolute atomic E-state index is 13.5. The van der Waals surface area contributed by atoms with Crippen LogP contribution in [0.3, 0.4) is 0 Å². The zero-order chi connectivity index (χ0) is 33.5. The maximum Gasteiger partial charge on any atom is 0.274 e. The number of nitrogens with zero attached hydrogens (tertiary/aromatic N) is 4. The van der Waals surface area contributed by atoms with Gasteiger partial charge in [0.25, 0.3) is 11.8 Å². The number of carbonyl (C=O) groups excluding carboxylic acids is 5. The van der Waals surface area contributed by atoms with Crippen molar-refractivity contribution < 1.29 is 28.4 Å². The number of likely N-dealkylation sites (tertiary alicyclic amines) is 1. The van der Waals surface area contributed by atoms with Crippen molar-refractivity contribution >= 4 is 40.9 Å². The van der Waals surface area contributed by atoms with Crippen molar-refractivity contribution in [3.63, 3.8) is 0 Å². The van der Waals surface area contributed by atoms with Gasteiger partial charge in [0.2, 0.25) is 23.6 Å². The van der Waals surface area contributed by atoms with E-state index in [4.69, 9.17) is 4.42 Å². The molecule has 0 radical (unpaired) electrons. The normalized spacial score (nSPS) is 20.2. The minimum absolute atomic E-state index is 0.0400. The van der Waals surface area contributed by atoms with E-state index in [0.29, 0.717) is 36.6 Å². The molecular weight excluding hydrogens is 622 g/mol. The Bertz CT molecular complexity index is 1600. The van der Waals surface area contributed by atoms with Crippen molar-refractivity contribution in [1.29, 1.82) is 0 Å². The lowest BCUT2D eigenvalue weighted by Crippen LogP contribution is -2.44. The highest BCUT2D eigenvalue weighted by Crippen LogP contribution is 2.27. The predicted octanol–water partition coefficient (Wildman–Crippen LogP) is 2.94. The number of aromatic nitrogens is 2. The Morgan fingerprint density at radius 2 is 1.77 bits per heavy atom. The monoisotopic (exact) mass is 663 g/mol. The van der Waals surface area contributed by atoms with Gasteiger partial charge in [-0.1, -0.05) is 44.2 Å². The number of hydrogen-bond acceptors (Lipinski definition) is 9. The van der Waals surface area contributed by atoms with E-state index in [1.807, 2.05) is 44.2 Å². The van der Waals surface area contributed by atoms with Crippen molar-refractivity contribution in [3.05, 3.63) is 69.3 Å². The Morgan fingerprint density at radius 1 is 1.00 bits per heavy atom. The topological polar surface area (TPSA) is 167 Å². The Hall–Kier alpha value is -4.59. The van der Waals surface area contributed by atoms with E-state index in [0.717, 1.165) is 12.0 Å². The molecule has 2 atom stereocenters. The molecule has 3 N–H and O–H groups in total. The molecule has 1 fully saturated rings. The standard InChI is InChI=1S/C33H41N7O6S/c1-20(2)28-33-36-24(19-47-33)30(44)34-13-16-39(27(43)18-40-15-8-12-26(40)42)14-7-11-25(41)35-23(17-22-9-5-4-6-10-22)32-38-29(21(3)46-32)31(45)37-28/h4-6,9-10,19-20,23,28H,7-8,11-18H2,1-3H3,(H,34,44)(H,35,41)(H,37,45)/t23-,28-/m0/s1. The molecule has 14 heteroatoms. The molecule has 1 aromatic carbocycles. The molecule has 2 aromatic heterocycles. The second-order valence-corrected chi connectivity index (χ2v) is 13.1. The highest BCUT2D eigenvalue weighted by Gasteiger charge is 2.30. The zero-order valence-corrected chi connectivity index (χ0v) is 27.7. The van der Waals surface area contributed by atoms with E-state index in [-0.39, 0.29) is 73.5 Å². The van der Waals surface area contributed by atoms with Gasteiger partial charge in [-0.3, -0.25) is 24.0 Å². The molecule has 1 saturated heterocycles. The highest BCUT2D eigenvalue weighted by atomic mass is 32.1. The lowest BCUT2D eigenvalue weighted by molar-refractivity contribution is -0.138. The van der Waals surface area contributed by atoms with E-state index in [1.54, 1.807) is 22.1 Å². The molecule has 2 aliphatic rings. The van der Waals surface area contributed by atoms with Gasteiger partial charge in [0, 0.05) is 50.8 Å². The van der Waals surface area contributed by atoms with Crippen LogP contribution in [0.1, 0.15) is 94.8 Å². The number of rotatable bonds is 5. The van der Waals surface area contributed by atoms with Crippen LogP contribution in [0.4, 0.5) is 0 Å². The first-order valence-corrected chi connectivity index (χ1v) is 16.9. The smallest absolute Gasteiger partial charge is 0.274 e. The fourth-order valence-corrected chi connectivity index (χ4v) is 6.69. The van der Waals surface area contributed by atoms with Crippen molar-refractivity contribution in [2.45, 2.75) is 65.0 Å². The average molecular weight is 664 g/mol. The first-order valence-electron chi connectivity index (χ1n) is 16.0. The summed E-state index contributed by atoms with van der Waals surface area (Å²) >= 11 is 1.27. The summed E-state index contributed by atoms with van der Waals surface area (Å²) in [5, 5.41) is 11.1.